The van der Waals surface area contributed by atoms with Crippen molar-refractivity contribution in [3.63, 3.8) is 0 Å². The van der Waals surface area contributed by atoms with E-state index in [-0.39, 0.29) is 24.0 Å². The fourth-order valence-corrected chi connectivity index (χ4v) is 2.28. The molecule has 0 spiro atoms. The summed E-state index contributed by atoms with van der Waals surface area (Å²) in [6, 6.07) is 8.53. The number of aliphatic imine (C=N–C) groups is 1. The van der Waals surface area contributed by atoms with Gasteiger partial charge in [-0.15, -0.1) is 24.0 Å². The van der Waals surface area contributed by atoms with E-state index in [0.717, 1.165) is 36.7 Å². The molecule has 22 heavy (non-hydrogen) atoms. The fourth-order valence-electron chi connectivity index (χ4n) is 2.28. The molecule has 4 nitrogen and oxygen atoms in total. The molecule has 122 valence electrons. The Labute approximate surface area is 150 Å². The van der Waals surface area contributed by atoms with E-state index in [2.05, 4.69) is 47.7 Å². The van der Waals surface area contributed by atoms with Crippen molar-refractivity contribution in [1.29, 1.82) is 0 Å². The first-order chi connectivity index (χ1) is 10.3. The van der Waals surface area contributed by atoms with Gasteiger partial charge in [-0.25, -0.2) is 4.99 Å². The third-order valence-corrected chi connectivity index (χ3v) is 3.41. The fraction of sp³-hybridized carbons (Fsp3) is 0.471. The lowest BCUT2D eigenvalue weighted by Gasteiger charge is -2.16. The molecule has 0 saturated heterocycles. The summed E-state index contributed by atoms with van der Waals surface area (Å²) in [5.41, 5.74) is 1.16. The molecule has 0 aliphatic heterocycles. The lowest BCUT2D eigenvalue weighted by molar-refractivity contribution is 0.326. The normalized spacial score (nSPS) is 14.5. The summed E-state index contributed by atoms with van der Waals surface area (Å²) in [5.74, 6) is 1.81. The van der Waals surface area contributed by atoms with Gasteiger partial charge in [-0.05, 0) is 38.3 Å². The number of ether oxygens (including phenoxy) is 1. The van der Waals surface area contributed by atoms with E-state index >= 15 is 0 Å². The maximum absolute atomic E-state index is 5.76. The van der Waals surface area contributed by atoms with Crippen molar-refractivity contribution in [3.8, 4) is 5.75 Å². The molecule has 1 aliphatic rings. The van der Waals surface area contributed by atoms with Gasteiger partial charge in [-0.2, -0.15) is 0 Å². The van der Waals surface area contributed by atoms with Crippen molar-refractivity contribution in [1.82, 2.24) is 10.6 Å². The lowest BCUT2D eigenvalue weighted by atomic mass is 10.2. The van der Waals surface area contributed by atoms with Crippen molar-refractivity contribution < 1.29 is 4.74 Å². The van der Waals surface area contributed by atoms with Crippen LogP contribution in [-0.2, 0) is 0 Å². The first-order valence-electron chi connectivity index (χ1n) is 7.68. The highest BCUT2D eigenvalue weighted by atomic mass is 127. The number of rotatable bonds is 6. The molecule has 0 heterocycles. The molecule has 0 radical (unpaired) electrons. The van der Waals surface area contributed by atoms with E-state index in [1.165, 1.54) is 0 Å². The zero-order valence-electron chi connectivity index (χ0n) is 13.3. The number of hydrogen-bond acceptors (Lipinski definition) is 2. The van der Waals surface area contributed by atoms with Crippen molar-refractivity contribution in [2.45, 2.75) is 32.7 Å². The smallest absolute Gasteiger partial charge is 0.191 e. The topological polar surface area (TPSA) is 45.7 Å². The predicted octanol–water partition coefficient (Wildman–Crippen LogP) is 3.27. The van der Waals surface area contributed by atoms with Crippen LogP contribution in [0.25, 0.3) is 0 Å². The average molecular weight is 415 g/mol. The number of hydrogen-bond donors (Lipinski definition) is 2. The minimum absolute atomic E-state index is 0. The largest absolute Gasteiger partial charge is 0.491 e. The van der Waals surface area contributed by atoms with Crippen molar-refractivity contribution in [2.24, 2.45) is 4.99 Å². The highest BCUT2D eigenvalue weighted by molar-refractivity contribution is 14.0. The van der Waals surface area contributed by atoms with Gasteiger partial charge in [0.25, 0.3) is 0 Å². The molecular weight excluding hydrogens is 389 g/mol. The number of para-hydroxylation sites is 1. The van der Waals surface area contributed by atoms with Gasteiger partial charge in [-0.3, -0.25) is 0 Å². The van der Waals surface area contributed by atoms with Gasteiger partial charge in [-0.1, -0.05) is 30.4 Å². The minimum atomic E-state index is 0. The van der Waals surface area contributed by atoms with E-state index in [9.17, 15) is 0 Å². The second-order valence-electron chi connectivity index (χ2n) is 5.16. The highest BCUT2D eigenvalue weighted by Gasteiger charge is 2.11. The van der Waals surface area contributed by atoms with Crippen molar-refractivity contribution in [3.05, 3.63) is 42.0 Å². The minimum Gasteiger partial charge on any atom is -0.491 e. The number of nitrogens with zero attached hydrogens (tertiary/aromatic N) is 1. The molecule has 1 aliphatic carbocycles. The van der Waals surface area contributed by atoms with Gasteiger partial charge in [0.1, 0.15) is 12.4 Å². The summed E-state index contributed by atoms with van der Waals surface area (Å²) in [6.07, 6.45) is 6.57. The van der Waals surface area contributed by atoms with Crippen molar-refractivity contribution >= 4 is 29.9 Å². The first kappa shape index (κ1) is 18.8. The Morgan fingerprint density at radius 1 is 1.27 bits per heavy atom. The van der Waals surface area contributed by atoms with E-state index in [1.54, 1.807) is 0 Å². The molecule has 0 unspecified atom stereocenters. The summed E-state index contributed by atoms with van der Waals surface area (Å²) in [4.78, 5) is 4.56. The number of nitrogens with one attached hydrogen (secondary N) is 2. The van der Waals surface area contributed by atoms with Crippen LogP contribution in [-0.4, -0.2) is 31.7 Å². The van der Waals surface area contributed by atoms with Crippen LogP contribution in [0.5, 0.6) is 5.75 Å². The maximum atomic E-state index is 5.76. The maximum Gasteiger partial charge on any atom is 0.191 e. The number of guanidine groups is 1. The summed E-state index contributed by atoms with van der Waals surface area (Å²) in [7, 11) is 0. The Balaban J connectivity index is 0.00000242. The third kappa shape index (κ3) is 6.25. The number of aryl methyl sites for hydroxylation is 1. The number of halogens is 1. The summed E-state index contributed by atoms with van der Waals surface area (Å²) < 4.78 is 5.76. The van der Waals surface area contributed by atoms with Crippen LogP contribution >= 0.6 is 24.0 Å². The summed E-state index contributed by atoms with van der Waals surface area (Å²) >= 11 is 0. The summed E-state index contributed by atoms with van der Waals surface area (Å²) in [6.45, 7) is 6.23. The first-order valence-corrected chi connectivity index (χ1v) is 7.68. The van der Waals surface area contributed by atoms with Gasteiger partial charge in [0.2, 0.25) is 0 Å². The van der Waals surface area contributed by atoms with E-state index in [1.807, 2.05) is 18.2 Å². The molecule has 0 saturated carbocycles. The molecule has 2 rings (SSSR count). The SMILES string of the molecule is CCNC(=NCCOc1ccccc1C)NC1CC=CC1.I. The lowest BCUT2D eigenvalue weighted by Crippen LogP contribution is -2.42. The Morgan fingerprint density at radius 2 is 2.00 bits per heavy atom. The van der Waals surface area contributed by atoms with Gasteiger partial charge in [0, 0.05) is 12.6 Å². The summed E-state index contributed by atoms with van der Waals surface area (Å²) in [5, 5.41) is 6.72. The van der Waals surface area contributed by atoms with Gasteiger partial charge in [0.15, 0.2) is 5.96 Å². The number of benzene rings is 1. The van der Waals surface area contributed by atoms with Crippen LogP contribution < -0.4 is 15.4 Å². The van der Waals surface area contributed by atoms with Crippen LogP contribution in [0.15, 0.2) is 41.4 Å². The molecule has 0 atom stereocenters. The molecule has 0 bridgehead atoms. The average Bonchev–Trinajstić information content (AvgIpc) is 2.98. The second kappa shape index (κ2) is 10.5. The molecule has 1 aromatic carbocycles. The van der Waals surface area contributed by atoms with E-state index in [4.69, 9.17) is 4.74 Å². The van der Waals surface area contributed by atoms with Crippen LogP contribution in [0, 0.1) is 6.92 Å². The van der Waals surface area contributed by atoms with Crippen LogP contribution in [0.2, 0.25) is 0 Å². The van der Waals surface area contributed by atoms with Crippen LogP contribution in [0.3, 0.4) is 0 Å². The Morgan fingerprint density at radius 3 is 2.68 bits per heavy atom. The highest BCUT2D eigenvalue weighted by Crippen LogP contribution is 2.15. The molecule has 5 heteroatoms. The Hall–Kier alpha value is -1.24. The zero-order valence-corrected chi connectivity index (χ0v) is 15.7. The Kier molecular flexibility index (Phi) is 8.96. The van der Waals surface area contributed by atoms with E-state index < -0.39 is 0 Å². The zero-order chi connectivity index (χ0) is 14.9. The van der Waals surface area contributed by atoms with Gasteiger partial charge >= 0.3 is 0 Å². The quantitative estimate of drug-likeness (QED) is 0.247. The standard InChI is InChI=1S/C17H25N3O.HI/c1-3-18-17(20-15-9-5-6-10-15)19-12-13-21-16-11-7-4-8-14(16)2;/h4-8,11,15H,3,9-10,12-13H2,1-2H3,(H2,18,19,20);1H. The Bertz CT molecular complexity index is 494. The van der Waals surface area contributed by atoms with Gasteiger partial charge < -0.3 is 15.4 Å². The molecule has 0 fully saturated rings. The monoisotopic (exact) mass is 415 g/mol. The molecule has 1 aromatic rings. The molecule has 0 amide bonds. The molecule has 0 aromatic heterocycles. The van der Waals surface area contributed by atoms with Crippen LogP contribution in [0.4, 0.5) is 0 Å². The predicted molar refractivity (Wildman–Crippen MR) is 103 cm³/mol. The van der Waals surface area contributed by atoms with Gasteiger partial charge in [0.05, 0.1) is 6.54 Å². The second-order valence-corrected chi connectivity index (χ2v) is 5.16. The molecular formula is C17H26IN3O. The molecule has 2 N–H and O–H groups in total. The van der Waals surface area contributed by atoms with Crippen molar-refractivity contribution in [2.75, 3.05) is 19.7 Å². The third-order valence-electron chi connectivity index (χ3n) is 3.41. The van der Waals surface area contributed by atoms with E-state index in [0.29, 0.717) is 19.2 Å². The van der Waals surface area contributed by atoms with Crippen LogP contribution in [0.1, 0.15) is 25.3 Å².